The van der Waals surface area contributed by atoms with Crippen LogP contribution in [-0.2, 0) is 16.2 Å². The van der Waals surface area contributed by atoms with Gasteiger partial charge in [-0.1, -0.05) is 12.1 Å². The third-order valence-corrected chi connectivity index (χ3v) is 4.80. The maximum atomic E-state index is 12.0. The van der Waals surface area contributed by atoms with Crippen molar-refractivity contribution in [1.82, 2.24) is 10.6 Å². The van der Waals surface area contributed by atoms with Crippen LogP contribution in [0.2, 0.25) is 0 Å². The number of carbonyl (C=O) groups is 2. The number of nitro groups is 1. The van der Waals surface area contributed by atoms with Crippen LogP contribution in [0.25, 0.3) is 6.08 Å². The molecule has 1 fully saturated rings. The highest BCUT2D eigenvalue weighted by molar-refractivity contribution is 9.10. The summed E-state index contributed by atoms with van der Waals surface area (Å²) in [4.78, 5) is 34.5. The molecular weight excluding hydrogens is 478 g/mol. The molecule has 2 aromatic carbocycles. The Bertz CT molecular complexity index is 1080. The Kier molecular flexibility index (Phi) is 6.43. The molecule has 1 aliphatic rings. The molecule has 0 radical (unpaired) electrons. The first-order chi connectivity index (χ1) is 14.3. The van der Waals surface area contributed by atoms with Gasteiger partial charge >= 0.3 is 0 Å². The molecule has 3 rings (SSSR count). The second-order valence-electron chi connectivity index (χ2n) is 6.05. The van der Waals surface area contributed by atoms with E-state index < -0.39 is 16.7 Å². The zero-order valence-corrected chi connectivity index (χ0v) is 17.8. The lowest BCUT2D eigenvalue weighted by Gasteiger charge is -2.17. The highest BCUT2D eigenvalue weighted by atomic mass is 79.9. The van der Waals surface area contributed by atoms with Gasteiger partial charge in [-0.15, -0.1) is 0 Å². The number of hydrogen-bond acceptors (Lipinski definition) is 7. The number of non-ortho nitro benzene ring substituents is 1. The fourth-order valence-electron chi connectivity index (χ4n) is 2.65. The molecular formula is C19H14BrN3O6S. The molecule has 1 heterocycles. The van der Waals surface area contributed by atoms with E-state index in [0.29, 0.717) is 27.1 Å². The van der Waals surface area contributed by atoms with Crippen LogP contribution < -0.4 is 20.1 Å². The van der Waals surface area contributed by atoms with Gasteiger partial charge < -0.3 is 9.47 Å². The molecule has 1 saturated heterocycles. The minimum atomic E-state index is -0.607. The summed E-state index contributed by atoms with van der Waals surface area (Å²) in [6.07, 6.45) is 1.39. The van der Waals surface area contributed by atoms with Crippen molar-refractivity contribution in [1.29, 1.82) is 0 Å². The molecule has 0 spiro atoms. The number of halogens is 1. The molecule has 0 saturated carbocycles. The van der Waals surface area contributed by atoms with E-state index in [-0.39, 0.29) is 23.0 Å². The van der Waals surface area contributed by atoms with Gasteiger partial charge in [0.2, 0.25) is 0 Å². The van der Waals surface area contributed by atoms with Crippen molar-refractivity contribution in [3.63, 3.8) is 0 Å². The number of nitrogens with one attached hydrogen (secondary N) is 2. The van der Waals surface area contributed by atoms with Crippen molar-refractivity contribution >= 4 is 56.8 Å². The van der Waals surface area contributed by atoms with Gasteiger partial charge in [-0.3, -0.25) is 30.3 Å². The van der Waals surface area contributed by atoms with Gasteiger partial charge in [-0.25, -0.2) is 0 Å². The summed E-state index contributed by atoms with van der Waals surface area (Å²) in [5.74, 6) is -0.506. The summed E-state index contributed by atoms with van der Waals surface area (Å²) < 4.78 is 11.7. The Hall–Kier alpha value is -3.31. The van der Waals surface area contributed by atoms with Gasteiger partial charge in [-0.05, 0) is 57.5 Å². The molecule has 11 heteroatoms. The third kappa shape index (κ3) is 4.81. The minimum Gasteiger partial charge on any atom is -0.493 e. The van der Waals surface area contributed by atoms with Crippen molar-refractivity contribution in [2.24, 2.45) is 0 Å². The lowest BCUT2D eigenvalue weighted by molar-refractivity contribution is -0.384. The van der Waals surface area contributed by atoms with Crippen molar-refractivity contribution in [2.75, 3.05) is 7.11 Å². The van der Waals surface area contributed by atoms with E-state index >= 15 is 0 Å². The number of rotatable bonds is 6. The number of nitro benzene ring substituents is 1. The molecule has 0 unspecified atom stereocenters. The Morgan fingerprint density at radius 3 is 2.53 bits per heavy atom. The first kappa shape index (κ1) is 21.4. The van der Waals surface area contributed by atoms with Crippen LogP contribution in [0.4, 0.5) is 5.69 Å². The van der Waals surface area contributed by atoms with Gasteiger partial charge in [-0.2, -0.15) is 0 Å². The van der Waals surface area contributed by atoms with Crippen molar-refractivity contribution in [3.8, 4) is 11.5 Å². The Balaban J connectivity index is 1.86. The maximum absolute atomic E-state index is 12.0. The molecule has 0 aliphatic carbocycles. The van der Waals surface area contributed by atoms with Gasteiger partial charge in [0.05, 0.1) is 16.5 Å². The molecule has 154 valence electrons. The van der Waals surface area contributed by atoms with Crippen LogP contribution >= 0.6 is 28.1 Å². The summed E-state index contributed by atoms with van der Waals surface area (Å²) in [5, 5.41) is 15.6. The van der Waals surface area contributed by atoms with Crippen LogP contribution in [0.15, 0.2) is 46.4 Å². The van der Waals surface area contributed by atoms with Crippen LogP contribution in [0.5, 0.6) is 11.5 Å². The van der Waals surface area contributed by atoms with Crippen LogP contribution in [0.3, 0.4) is 0 Å². The van der Waals surface area contributed by atoms with E-state index in [0.717, 1.165) is 0 Å². The fourth-order valence-corrected chi connectivity index (χ4v) is 3.41. The molecule has 0 atom stereocenters. The predicted octanol–water partition coefficient (Wildman–Crippen LogP) is 2.86. The summed E-state index contributed by atoms with van der Waals surface area (Å²) in [6, 6.07) is 9.33. The maximum Gasteiger partial charge on any atom is 0.269 e. The number of methoxy groups -OCH3 is 1. The second kappa shape index (κ2) is 9.01. The Labute approximate surface area is 184 Å². The minimum absolute atomic E-state index is 0.0346. The summed E-state index contributed by atoms with van der Waals surface area (Å²) >= 11 is 8.16. The number of thiocarbonyl (C=S) groups is 1. The largest absolute Gasteiger partial charge is 0.493 e. The summed E-state index contributed by atoms with van der Waals surface area (Å²) in [6.45, 7) is 0.0688. The summed E-state index contributed by atoms with van der Waals surface area (Å²) in [5.41, 5.74) is 0.973. The SMILES string of the molecule is COc1cc(C=C2C(=O)NC(=S)NC2=O)cc(Br)c1OCc1cccc([N+](=O)[O-])c1. The van der Waals surface area contributed by atoms with Crippen LogP contribution in [-0.4, -0.2) is 29.0 Å². The molecule has 0 bridgehead atoms. The number of ether oxygens (including phenoxy) is 2. The number of benzene rings is 2. The van der Waals surface area contributed by atoms with E-state index in [9.17, 15) is 19.7 Å². The van der Waals surface area contributed by atoms with Crippen LogP contribution in [0.1, 0.15) is 11.1 Å². The zero-order valence-electron chi connectivity index (χ0n) is 15.4. The van der Waals surface area contributed by atoms with Gasteiger partial charge in [0.1, 0.15) is 12.2 Å². The monoisotopic (exact) mass is 491 g/mol. The molecule has 30 heavy (non-hydrogen) atoms. The van der Waals surface area contributed by atoms with E-state index in [4.69, 9.17) is 21.7 Å². The number of amides is 2. The third-order valence-electron chi connectivity index (χ3n) is 4.01. The van der Waals surface area contributed by atoms with E-state index in [1.165, 1.54) is 25.3 Å². The first-order valence-electron chi connectivity index (χ1n) is 8.40. The van der Waals surface area contributed by atoms with Gasteiger partial charge in [0.25, 0.3) is 17.5 Å². The number of hydrogen-bond donors (Lipinski definition) is 2. The smallest absolute Gasteiger partial charge is 0.269 e. The van der Waals surface area contributed by atoms with E-state index in [2.05, 4.69) is 26.6 Å². The topological polar surface area (TPSA) is 120 Å². The van der Waals surface area contributed by atoms with Gasteiger partial charge in [0, 0.05) is 12.1 Å². The normalized spacial score (nSPS) is 13.4. The molecule has 1 aliphatic heterocycles. The lowest BCUT2D eigenvalue weighted by atomic mass is 10.1. The molecule has 0 aromatic heterocycles. The fraction of sp³-hybridized carbons (Fsp3) is 0.105. The number of nitrogens with zero attached hydrogens (tertiary/aromatic N) is 1. The average Bonchev–Trinajstić information content (AvgIpc) is 2.69. The standard InChI is InChI=1S/C19H14BrN3O6S/c1-28-15-8-11(6-13-17(24)21-19(30)22-18(13)25)7-14(20)16(15)29-9-10-3-2-4-12(5-10)23(26)27/h2-8H,9H2,1H3,(H2,21,22,24,25,30). The van der Waals surface area contributed by atoms with Gasteiger partial charge in [0.15, 0.2) is 16.6 Å². The first-order valence-corrected chi connectivity index (χ1v) is 9.60. The second-order valence-corrected chi connectivity index (χ2v) is 7.31. The molecule has 9 nitrogen and oxygen atoms in total. The molecule has 2 aromatic rings. The highest BCUT2D eigenvalue weighted by Gasteiger charge is 2.26. The van der Waals surface area contributed by atoms with Crippen LogP contribution in [0, 0.1) is 10.1 Å². The lowest BCUT2D eigenvalue weighted by Crippen LogP contribution is -2.51. The summed E-state index contributed by atoms with van der Waals surface area (Å²) in [7, 11) is 1.44. The zero-order chi connectivity index (χ0) is 21.8. The number of carbonyl (C=O) groups excluding carboxylic acids is 2. The molecule has 2 N–H and O–H groups in total. The molecule has 2 amide bonds. The quantitative estimate of drug-likeness (QED) is 0.209. The highest BCUT2D eigenvalue weighted by Crippen LogP contribution is 2.38. The van der Waals surface area contributed by atoms with Crippen molar-refractivity contribution in [2.45, 2.75) is 6.61 Å². The van der Waals surface area contributed by atoms with E-state index in [1.54, 1.807) is 24.3 Å². The van der Waals surface area contributed by atoms with Crippen molar-refractivity contribution < 1.29 is 24.0 Å². The van der Waals surface area contributed by atoms with E-state index in [1.807, 2.05) is 0 Å². The average molecular weight is 492 g/mol. The Morgan fingerprint density at radius 1 is 1.20 bits per heavy atom. The van der Waals surface area contributed by atoms with Crippen molar-refractivity contribution in [3.05, 3.63) is 67.7 Å². The predicted molar refractivity (Wildman–Crippen MR) is 115 cm³/mol. The Morgan fingerprint density at radius 2 is 1.90 bits per heavy atom.